The summed E-state index contributed by atoms with van der Waals surface area (Å²) in [5.74, 6) is -6.40. The van der Waals surface area contributed by atoms with Gasteiger partial charge >= 0.3 is 24.3 Å². The van der Waals surface area contributed by atoms with Gasteiger partial charge in [-0.3, -0.25) is 53.4 Å². The number of benzene rings is 13. The number of aromatic nitrogens is 6. The van der Waals surface area contributed by atoms with E-state index in [9.17, 15) is 86.7 Å². The number of ether oxygens (including phenoxy) is 1. The minimum Gasteiger partial charge on any atom is -0.475 e. The number of halogens is 11. The van der Waals surface area contributed by atoms with Crippen molar-refractivity contribution in [3.63, 3.8) is 0 Å². The zero-order valence-corrected chi connectivity index (χ0v) is 81.3. The van der Waals surface area contributed by atoms with Gasteiger partial charge in [-0.2, -0.15) is 44.6 Å². The molecule has 5 N–H and O–H groups in total. The second-order valence-corrected chi connectivity index (χ2v) is 37.1. The lowest BCUT2D eigenvalue weighted by molar-refractivity contribution is -0.138. The van der Waals surface area contributed by atoms with Gasteiger partial charge in [0.05, 0.1) is 96.2 Å². The number of carbonyl (C=O) groups is 7. The molecule has 0 bridgehead atoms. The number of oxazole rings is 1. The average Bonchev–Trinajstić information content (AvgIpc) is 1.60. The number of alkyl halides is 9. The summed E-state index contributed by atoms with van der Waals surface area (Å²) in [4.78, 5) is 122. The van der Waals surface area contributed by atoms with Crippen molar-refractivity contribution in [2.24, 2.45) is 0 Å². The molecule has 0 saturated heterocycles. The number of hydrogen-bond donors (Lipinski definition) is 5. The normalized spacial score (nSPS) is 13.7. The van der Waals surface area contributed by atoms with E-state index in [2.05, 4.69) is 46.4 Å². The summed E-state index contributed by atoms with van der Waals surface area (Å²) in [5, 5.41) is 17.2. The molecule has 3 aliphatic rings. The summed E-state index contributed by atoms with van der Waals surface area (Å²) >= 11 is 0. The quantitative estimate of drug-likeness (QED) is 0.0562. The molecule has 34 heteroatoms. The minimum atomic E-state index is -4.76. The van der Waals surface area contributed by atoms with Crippen LogP contribution in [-0.4, -0.2) is 76.7 Å². The predicted molar refractivity (Wildman–Crippen MR) is 546 cm³/mol. The number of hydrogen-bond acceptors (Lipinski definition) is 14. The third-order valence-electron chi connectivity index (χ3n) is 25.5. The number of aryl methyl sites for hydroxylation is 5. The Balaban J connectivity index is 0.000000135. The molecule has 23 nitrogen and oxygen atoms in total. The van der Waals surface area contributed by atoms with Gasteiger partial charge in [-0.25, -0.2) is 33.0 Å². The van der Waals surface area contributed by atoms with Gasteiger partial charge in [-0.1, -0.05) is 156 Å². The standard InChI is InChI=1S/C30H24F3N3O2.C29H23F3N4O3.C28H23F3N4O2.C28H20F2N2O3/c1-18-9-12-20(13-10-18)35-27(37)23-16-19(11-14-24(23)30(31,32)33)22-7-4-8-25-26(22)29(2,3)28(38)36(25)21-6-5-15-34-17-21;1-17-8-11-19(12-9-17)35-25(37)21-16-18(10-13-22(21)29(30,31)32)20-6-4-7-23-24(20)39-28(2,3)26(38)36(23)27-33-14-5-15-34-27;1-16-7-10-18(11-8-16)34-25(36)21-13-17(9-12-22(21)28(29,30)31)20-5-4-6-23-24(20)27(2,3)26(37)35(23)19-14-32-33-15-19;1-16-9-13-19(14-10-16)31-27(33)21-15-18(12-11-17(21)2)20-5-3-8-24-26(20)35-28(34)32(24)23-7-4-6-22(29)25(23)30/h4-17H,1-3H3,(H,35,37);4-16H,1-3H3,(H,35,37);4-15H,1-3H3,(H,32,33)(H,34,36);3-15H,1-2H3,(H,31,33). The van der Waals surface area contributed by atoms with Gasteiger partial charge in [0, 0.05) is 64.2 Å². The number of rotatable bonds is 16. The summed E-state index contributed by atoms with van der Waals surface area (Å²) in [6, 6.07) is 72.7. The highest BCUT2D eigenvalue weighted by molar-refractivity contribution is 6.17. The smallest absolute Gasteiger partial charge is 0.424 e. The second-order valence-electron chi connectivity index (χ2n) is 37.1. The molecule has 0 aliphatic carbocycles. The number of aromatic amines is 1. The number of amides is 7. The van der Waals surface area contributed by atoms with Crippen LogP contribution in [0.15, 0.2) is 325 Å². The van der Waals surface area contributed by atoms with Crippen LogP contribution in [0.5, 0.6) is 5.75 Å². The Labute approximate surface area is 845 Å². The first-order chi connectivity index (χ1) is 70.7. The van der Waals surface area contributed by atoms with E-state index in [1.54, 1.807) is 241 Å². The topological polar surface area (TPSA) is 289 Å². The van der Waals surface area contributed by atoms with Crippen LogP contribution in [0.2, 0.25) is 0 Å². The van der Waals surface area contributed by atoms with Crippen LogP contribution in [0, 0.1) is 46.3 Å². The average molecular weight is 2020 g/mol. The van der Waals surface area contributed by atoms with Crippen molar-refractivity contribution in [2.75, 3.05) is 36.0 Å². The van der Waals surface area contributed by atoms with Crippen LogP contribution in [0.1, 0.15) is 139 Å². The Bertz CT molecular complexity index is 8180. The maximum atomic E-state index is 14.5. The molecule has 0 radical (unpaired) electrons. The molecule has 3 aliphatic heterocycles. The van der Waals surface area contributed by atoms with Crippen LogP contribution in [-0.2, 0) is 43.7 Å². The molecule has 0 fully saturated rings. The van der Waals surface area contributed by atoms with Crippen molar-refractivity contribution < 1.29 is 91.0 Å². The van der Waals surface area contributed by atoms with Crippen LogP contribution in [0.4, 0.5) is 105 Å². The monoisotopic (exact) mass is 2020 g/mol. The van der Waals surface area contributed by atoms with Gasteiger partial charge < -0.3 is 30.4 Å². The van der Waals surface area contributed by atoms with E-state index in [0.717, 1.165) is 56.6 Å². The lowest BCUT2D eigenvalue weighted by Gasteiger charge is -2.38. The number of para-hydroxylation sites is 2. The fraction of sp³-hybridized carbons (Fsp3) is 0.148. The lowest BCUT2D eigenvalue weighted by Crippen LogP contribution is -2.51. The van der Waals surface area contributed by atoms with Crippen molar-refractivity contribution in [3.8, 4) is 55.9 Å². The summed E-state index contributed by atoms with van der Waals surface area (Å²) in [5.41, 5.74) is 7.07. The van der Waals surface area contributed by atoms with Crippen molar-refractivity contribution >= 4 is 110 Å². The molecular formula is C115H90F11N13O10. The second kappa shape index (κ2) is 40.5. The molecule has 0 unspecified atom stereocenters. The molecule has 13 aromatic carbocycles. The van der Waals surface area contributed by atoms with E-state index in [-0.39, 0.29) is 46.2 Å². The van der Waals surface area contributed by atoms with Crippen molar-refractivity contribution in [1.82, 2.24) is 29.7 Å². The number of fused-ring (bicyclic) bond motifs is 4. The molecule has 0 spiro atoms. The maximum absolute atomic E-state index is 14.5. The van der Waals surface area contributed by atoms with Gasteiger partial charge in [0.1, 0.15) is 0 Å². The van der Waals surface area contributed by atoms with Gasteiger partial charge in [0.15, 0.2) is 28.6 Å². The van der Waals surface area contributed by atoms with E-state index >= 15 is 0 Å². The fourth-order valence-electron chi connectivity index (χ4n) is 17.9. The highest BCUT2D eigenvalue weighted by Crippen LogP contribution is 2.54. The Kier molecular flexibility index (Phi) is 27.8. The molecule has 4 aromatic heterocycles. The summed E-state index contributed by atoms with van der Waals surface area (Å²) in [6.45, 7) is 19.7. The molecule has 7 amide bonds. The highest BCUT2D eigenvalue weighted by Gasteiger charge is 2.50. The molecule has 0 saturated carbocycles. The number of anilines is 10. The first-order valence-electron chi connectivity index (χ1n) is 46.4. The van der Waals surface area contributed by atoms with E-state index in [4.69, 9.17) is 9.15 Å². The third kappa shape index (κ3) is 20.8. The third-order valence-corrected chi connectivity index (χ3v) is 25.5. The van der Waals surface area contributed by atoms with E-state index in [1.807, 2.05) is 65.0 Å². The van der Waals surface area contributed by atoms with Crippen molar-refractivity contribution in [3.05, 3.63) is 416 Å². The van der Waals surface area contributed by atoms with Crippen molar-refractivity contribution in [1.29, 1.82) is 0 Å². The number of carbonyl (C=O) groups excluding carboxylic acids is 7. The van der Waals surface area contributed by atoms with E-state index < -0.39 is 109 Å². The number of H-pyrrole nitrogens is 1. The van der Waals surface area contributed by atoms with Gasteiger partial charge in [-0.05, 0) is 272 Å². The van der Waals surface area contributed by atoms with Gasteiger partial charge in [0.2, 0.25) is 17.8 Å². The molecule has 149 heavy (non-hydrogen) atoms. The lowest BCUT2D eigenvalue weighted by atomic mass is 9.81. The molecule has 752 valence electrons. The molecular weight excluding hydrogens is 1930 g/mol. The summed E-state index contributed by atoms with van der Waals surface area (Å²) in [6.07, 6.45) is -4.91. The van der Waals surface area contributed by atoms with Crippen LogP contribution in [0.3, 0.4) is 0 Å². The summed E-state index contributed by atoms with van der Waals surface area (Å²) < 4.78 is 166. The molecule has 20 rings (SSSR count). The Morgan fingerprint density at radius 3 is 1.20 bits per heavy atom. The number of nitrogens with zero attached hydrogens (tertiary/aromatic N) is 8. The van der Waals surface area contributed by atoms with Crippen LogP contribution in [0.25, 0.3) is 61.3 Å². The first kappa shape index (κ1) is 102. The molecule has 0 atom stereocenters. The zero-order chi connectivity index (χ0) is 106. The fourth-order valence-corrected chi connectivity index (χ4v) is 17.9. The molecule has 7 heterocycles. The first-order valence-corrected chi connectivity index (χ1v) is 46.4. The van der Waals surface area contributed by atoms with E-state index in [1.165, 1.54) is 76.9 Å². The molecule has 17 aromatic rings. The number of nitrogens with one attached hydrogen (secondary N) is 5. The minimum absolute atomic E-state index is 0.128. The largest absolute Gasteiger partial charge is 0.475 e. The predicted octanol–water partition coefficient (Wildman–Crippen LogP) is 26.9. The SMILES string of the molecule is Cc1ccc(NC(=O)c2cc(-c3cccc4c3C(C)(C)C(=O)N4c3cccnc3)ccc2C(F)(F)F)cc1.Cc1ccc(NC(=O)c2cc(-c3cccc4c3C(C)(C)C(=O)N4c3cn[nH]c3)ccc2C(F)(F)F)cc1.Cc1ccc(NC(=O)c2cc(-c3cccc4c3OC(C)(C)C(=O)N4c3ncccn3)ccc2C(F)(F)F)cc1.Cc1ccc(NC(=O)c2cc(-c3cccc4c3oc(=O)n4-c3cccc(F)c3F)ccc2C)cc1. The van der Waals surface area contributed by atoms with Crippen LogP contribution < -0.4 is 46.5 Å². The van der Waals surface area contributed by atoms with Crippen LogP contribution >= 0.6 is 0 Å². The van der Waals surface area contributed by atoms with Gasteiger partial charge in [-0.15, -0.1) is 0 Å². The Morgan fingerprint density at radius 1 is 0.376 bits per heavy atom. The summed E-state index contributed by atoms with van der Waals surface area (Å²) in [7, 11) is 0. The zero-order valence-electron chi connectivity index (χ0n) is 81.3. The Hall–Kier alpha value is -18.1. The number of pyridine rings is 1. The van der Waals surface area contributed by atoms with E-state index in [0.29, 0.717) is 112 Å². The maximum Gasteiger partial charge on any atom is 0.424 e. The van der Waals surface area contributed by atoms with Crippen molar-refractivity contribution in [2.45, 2.75) is 111 Å². The highest BCUT2D eigenvalue weighted by atomic mass is 19.4. The Morgan fingerprint density at radius 2 is 0.765 bits per heavy atom. The van der Waals surface area contributed by atoms with Gasteiger partial charge in [0.25, 0.3) is 29.5 Å².